The van der Waals surface area contributed by atoms with E-state index < -0.39 is 0 Å². The molecule has 0 aliphatic carbocycles. The molecule has 1 N–H and O–H groups in total. The largest absolute Gasteiger partial charge is 0.354 e. The highest BCUT2D eigenvalue weighted by Gasteiger charge is 2.04. The van der Waals surface area contributed by atoms with Gasteiger partial charge in [0, 0.05) is 12.5 Å². The van der Waals surface area contributed by atoms with Gasteiger partial charge in [0.2, 0.25) is 5.91 Å². The minimum absolute atomic E-state index is 0.227. The molecule has 0 radical (unpaired) electrons. The van der Waals surface area contributed by atoms with Gasteiger partial charge < -0.3 is 5.32 Å². The van der Waals surface area contributed by atoms with E-state index in [1.54, 1.807) is 0 Å². The molecule has 2 nitrogen and oxygen atoms in total. The van der Waals surface area contributed by atoms with Crippen molar-refractivity contribution in [3.05, 3.63) is 0 Å². The first-order chi connectivity index (χ1) is 8.20. The topological polar surface area (TPSA) is 29.1 Å². The van der Waals surface area contributed by atoms with Crippen LogP contribution >= 0.6 is 0 Å². The van der Waals surface area contributed by atoms with Crippen molar-refractivity contribution < 1.29 is 4.79 Å². The van der Waals surface area contributed by atoms with E-state index in [2.05, 4.69) is 26.1 Å². The molecule has 102 valence electrons. The van der Waals surface area contributed by atoms with Crippen molar-refractivity contribution in [2.45, 2.75) is 91.0 Å². The van der Waals surface area contributed by atoms with Crippen LogP contribution in [0.2, 0.25) is 0 Å². The van der Waals surface area contributed by atoms with Crippen LogP contribution in [-0.2, 0) is 4.79 Å². The fraction of sp³-hybridized carbons (Fsp3) is 0.933. The Kier molecular flexibility index (Phi) is 11.6. The second-order valence-corrected chi connectivity index (χ2v) is 5.10. The van der Waals surface area contributed by atoms with Crippen LogP contribution in [0.4, 0.5) is 0 Å². The molecule has 1 unspecified atom stereocenters. The van der Waals surface area contributed by atoms with Gasteiger partial charge in [0.05, 0.1) is 0 Å². The first-order valence-electron chi connectivity index (χ1n) is 7.50. The zero-order chi connectivity index (χ0) is 12.9. The molecule has 0 aliphatic rings. The molecular formula is C15H31NO. The third kappa shape index (κ3) is 11.7. The van der Waals surface area contributed by atoms with Crippen LogP contribution in [0.1, 0.15) is 85.0 Å². The Morgan fingerprint density at radius 2 is 1.47 bits per heavy atom. The normalized spacial score (nSPS) is 12.4. The monoisotopic (exact) mass is 241 g/mol. The molecule has 0 bridgehead atoms. The van der Waals surface area contributed by atoms with Gasteiger partial charge in [0.1, 0.15) is 0 Å². The molecule has 1 amide bonds. The molecular weight excluding hydrogens is 210 g/mol. The molecule has 0 heterocycles. The van der Waals surface area contributed by atoms with Crippen LogP contribution in [0.25, 0.3) is 0 Å². The summed E-state index contributed by atoms with van der Waals surface area (Å²) in [6.45, 7) is 6.41. The summed E-state index contributed by atoms with van der Waals surface area (Å²) in [6.07, 6.45) is 12.1. The Bertz CT molecular complexity index is 180. The van der Waals surface area contributed by atoms with E-state index in [0.29, 0.717) is 12.5 Å². The van der Waals surface area contributed by atoms with Gasteiger partial charge in [-0.25, -0.2) is 0 Å². The molecule has 0 saturated heterocycles. The van der Waals surface area contributed by atoms with Crippen LogP contribution in [0.15, 0.2) is 0 Å². The SMILES string of the molecule is CCCCCCCCCCC(=O)NC(C)CC. The van der Waals surface area contributed by atoms with Gasteiger partial charge in [-0.2, -0.15) is 0 Å². The molecule has 0 aromatic rings. The number of nitrogens with one attached hydrogen (secondary N) is 1. The fourth-order valence-electron chi connectivity index (χ4n) is 1.87. The van der Waals surface area contributed by atoms with Gasteiger partial charge in [0.15, 0.2) is 0 Å². The number of carbonyl (C=O) groups is 1. The average molecular weight is 241 g/mol. The summed E-state index contributed by atoms with van der Waals surface area (Å²) in [6, 6.07) is 0.330. The maximum absolute atomic E-state index is 11.5. The van der Waals surface area contributed by atoms with Gasteiger partial charge in [-0.1, -0.05) is 58.8 Å². The smallest absolute Gasteiger partial charge is 0.220 e. The molecule has 0 aliphatic heterocycles. The highest BCUT2D eigenvalue weighted by atomic mass is 16.1. The average Bonchev–Trinajstić information content (AvgIpc) is 2.32. The van der Waals surface area contributed by atoms with Crippen molar-refractivity contribution in [2.75, 3.05) is 0 Å². The molecule has 0 saturated carbocycles. The Hall–Kier alpha value is -0.530. The highest BCUT2D eigenvalue weighted by molar-refractivity contribution is 5.76. The van der Waals surface area contributed by atoms with E-state index in [-0.39, 0.29) is 5.91 Å². The van der Waals surface area contributed by atoms with Crippen LogP contribution in [-0.4, -0.2) is 11.9 Å². The van der Waals surface area contributed by atoms with Crippen molar-refractivity contribution >= 4 is 5.91 Å². The molecule has 2 heteroatoms. The molecule has 0 rings (SSSR count). The maximum atomic E-state index is 11.5. The summed E-state index contributed by atoms with van der Waals surface area (Å²) in [5.41, 5.74) is 0. The Labute approximate surface area is 108 Å². The van der Waals surface area contributed by atoms with Crippen molar-refractivity contribution in [2.24, 2.45) is 0 Å². The second-order valence-electron chi connectivity index (χ2n) is 5.10. The Morgan fingerprint density at radius 3 is 2.00 bits per heavy atom. The molecule has 0 fully saturated rings. The number of carbonyl (C=O) groups excluding carboxylic acids is 1. The van der Waals surface area contributed by atoms with Crippen LogP contribution < -0.4 is 5.32 Å². The Balaban J connectivity index is 3.19. The lowest BCUT2D eigenvalue weighted by atomic mass is 10.1. The molecule has 0 aromatic heterocycles. The minimum Gasteiger partial charge on any atom is -0.354 e. The quantitative estimate of drug-likeness (QED) is 0.533. The van der Waals surface area contributed by atoms with Crippen LogP contribution in [0.3, 0.4) is 0 Å². The van der Waals surface area contributed by atoms with Crippen LogP contribution in [0.5, 0.6) is 0 Å². The minimum atomic E-state index is 0.227. The predicted octanol–water partition coefficient (Wildman–Crippen LogP) is 4.43. The van der Waals surface area contributed by atoms with E-state index in [4.69, 9.17) is 0 Å². The number of rotatable bonds is 11. The van der Waals surface area contributed by atoms with Crippen molar-refractivity contribution in [1.82, 2.24) is 5.32 Å². The lowest BCUT2D eigenvalue weighted by molar-refractivity contribution is -0.121. The summed E-state index contributed by atoms with van der Waals surface area (Å²) in [5.74, 6) is 0.227. The van der Waals surface area contributed by atoms with E-state index in [0.717, 1.165) is 12.8 Å². The molecule has 17 heavy (non-hydrogen) atoms. The van der Waals surface area contributed by atoms with E-state index >= 15 is 0 Å². The first kappa shape index (κ1) is 16.5. The van der Waals surface area contributed by atoms with E-state index in [1.165, 1.54) is 44.9 Å². The van der Waals surface area contributed by atoms with E-state index in [9.17, 15) is 4.79 Å². The van der Waals surface area contributed by atoms with Crippen molar-refractivity contribution in [3.63, 3.8) is 0 Å². The third-order valence-electron chi connectivity index (χ3n) is 3.28. The fourth-order valence-corrected chi connectivity index (χ4v) is 1.87. The number of amides is 1. The van der Waals surface area contributed by atoms with Gasteiger partial charge in [-0.15, -0.1) is 0 Å². The Morgan fingerprint density at radius 1 is 0.941 bits per heavy atom. The number of hydrogen-bond acceptors (Lipinski definition) is 1. The third-order valence-corrected chi connectivity index (χ3v) is 3.28. The maximum Gasteiger partial charge on any atom is 0.220 e. The zero-order valence-electron chi connectivity index (χ0n) is 12.1. The molecule has 1 atom stereocenters. The lowest BCUT2D eigenvalue weighted by Gasteiger charge is -2.10. The zero-order valence-corrected chi connectivity index (χ0v) is 12.1. The standard InChI is InChI=1S/C15H31NO/c1-4-6-7-8-9-10-11-12-13-15(17)16-14(3)5-2/h14H,4-13H2,1-3H3,(H,16,17). The molecule has 0 spiro atoms. The second kappa shape index (κ2) is 11.9. The summed E-state index contributed by atoms with van der Waals surface area (Å²) < 4.78 is 0. The van der Waals surface area contributed by atoms with Crippen molar-refractivity contribution in [1.29, 1.82) is 0 Å². The summed E-state index contributed by atoms with van der Waals surface area (Å²) in [7, 11) is 0. The molecule has 0 aromatic carbocycles. The van der Waals surface area contributed by atoms with Gasteiger partial charge >= 0.3 is 0 Å². The summed E-state index contributed by atoms with van der Waals surface area (Å²) in [5, 5.41) is 3.01. The van der Waals surface area contributed by atoms with Gasteiger partial charge in [-0.05, 0) is 19.8 Å². The number of hydrogen-bond donors (Lipinski definition) is 1. The lowest BCUT2D eigenvalue weighted by Crippen LogP contribution is -2.31. The van der Waals surface area contributed by atoms with Gasteiger partial charge in [-0.3, -0.25) is 4.79 Å². The predicted molar refractivity (Wildman–Crippen MR) is 75.1 cm³/mol. The number of unbranched alkanes of at least 4 members (excludes halogenated alkanes) is 7. The van der Waals surface area contributed by atoms with E-state index in [1.807, 2.05) is 0 Å². The van der Waals surface area contributed by atoms with Gasteiger partial charge in [0.25, 0.3) is 0 Å². The summed E-state index contributed by atoms with van der Waals surface area (Å²) in [4.78, 5) is 11.5. The van der Waals surface area contributed by atoms with Crippen LogP contribution in [0, 0.1) is 0 Å². The van der Waals surface area contributed by atoms with Crippen molar-refractivity contribution in [3.8, 4) is 0 Å². The highest BCUT2D eigenvalue weighted by Crippen LogP contribution is 2.09. The first-order valence-corrected chi connectivity index (χ1v) is 7.50. The summed E-state index contributed by atoms with van der Waals surface area (Å²) >= 11 is 0.